The molecule has 1 aliphatic heterocycles. The number of anilines is 1. The summed E-state index contributed by atoms with van der Waals surface area (Å²) < 4.78 is 5.28. The first-order chi connectivity index (χ1) is 8.00. The lowest BCUT2D eigenvalue weighted by Gasteiger charge is -2.23. The molecule has 1 heterocycles. The highest BCUT2D eigenvalue weighted by atomic mass is 32.2. The van der Waals surface area contributed by atoms with E-state index in [4.69, 9.17) is 10.5 Å². The molecule has 0 aliphatic carbocycles. The Labute approximate surface area is 105 Å². The third kappa shape index (κ3) is 2.92. The molecule has 1 aromatic carbocycles. The minimum absolute atomic E-state index is 0.0201. The first-order valence-corrected chi connectivity index (χ1v) is 6.28. The van der Waals surface area contributed by atoms with E-state index >= 15 is 0 Å². The van der Waals surface area contributed by atoms with Crippen molar-refractivity contribution in [3.05, 3.63) is 18.2 Å². The lowest BCUT2D eigenvalue weighted by atomic mass is 10.2. The van der Waals surface area contributed by atoms with Crippen molar-refractivity contribution < 1.29 is 9.53 Å². The summed E-state index contributed by atoms with van der Waals surface area (Å²) in [5.41, 5.74) is 6.43. The highest BCUT2D eigenvalue weighted by molar-refractivity contribution is 8.00. The molecule has 1 aromatic rings. The van der Waals surface area contributed by atoms with Gasteiger partial charge in [-0.2, -0.15) is 0 Å². The average Bonchev–Trinajstić information content (AvgIpc) is 2.28. The van der Waals surface area contributed by atoms with Crippen LogP contribution in [0.5, 0.6) is 5.75 Å². The number of amides is 1. The van der Waals surface area contributed by atoms with Crippen LogP contribution in [0.4, 0.5) is 5.69 Å². The molecule has 0 radical (unpaired) electrons. The quantitative estimate of drug-likeness (QED) is 0.806. The van der Waals surface area contributed by atoms with Gasteiger partial charge in [-0.15, -0.1) is 11.8 Å². The molecular weight excluding hydrogens is 236 g/mol. The first kappa shape index (κ1) is 12.3. The molecule has 3 N–H and O–H groups in total. The SMILES string of the molecule is CC(C)(CN)Sc1ccc2c(c1)NC(=O)CO2. The lowest BCUT2D eigenvalue weighted by molar-refractivity contribution is -0.118. The molecule has 0 unspecified atom stereocenters. The van der Waals surface area contributed by atoms with E-state index in [0.717, 1.165) is 16.3 Å². The van der Waals surface area contributed by atoms with E-state index in [-0.39, 0.29) is 17.3 Å². The fourth-order valence-electron chi connectivity index (χ4n) is 1.49. The van der Waals surface area contributed by atoms with Gasteiger partial charge in [0.15, 0.2) is 6.61 Å². The molecule has 0 spiro atoms. The van der Waals surface area contributed by atoms with Crippen molar-refractivity contribution in [2.75, 3.05) is 18.5 Å². The Morgan fingerprint density at radius 3 is 3.00 bits per heavy atom. The Hall–Kier alpha value is -1.20. The maximum atomic E-state index is 11.2. The molecule has 4 nitrogen and oxygen atoms in total. The molecule has 0 saturated carbocycles. The predicted molar refractivity (Wildman–Crippen MR) is 69.6 cm³/mol. The zero-order valence-electron chi connectivity index (χ0n) is 9.95. The Bertz CT molecular complexity index is 446. The second-order valence-corrected chi connectivity index (χ2v) is 6.34. The van der Waals surface area contributed by atoms with Gasteiger partial charge in [-0.1, -0.05) is 0 Å². The van der Waals surface area contributed by atoms with E-state index in [9.17, 15) is 4.79 Å². The van der Waals surface area contributed by atoms with Gasteiger partial charge < -0.3 is 15.8 Å². The van der Waals surface area contributed by atoms with Crippen LogP contribution in [0, 0.1) is 0 Å². The monoisotopic (exact) mass is 252 g/mol. The van der Waals surface area contributed by atoms with E-state index in [1.807, 2.05) is 18.2 Å². The summed E-state index contributed by atoms with van der Waals surface area (Å²) in [6.07, 6.45) is 0. The van der Waals surface area contributed by atoms with Gasteiger partial charge >= 0.3 is 0 Å². The number of carbonyl (C=O) groups excluding carboxylic acids is 1. The molecule has 92 valence electrons. The van der Waals surface area contributed by atoms with Crippen LogP contribution in [-0.2, 0) is 4.79 Å². The van der Waals surface area contributed by atoms with Crippen LogP contribution in [0.2, 0.25) is 0 Å². The van der Waals surface area contributed by atoms with Crippen molar-refractivity contribution in [2.24, 2.45) is 5.73 Å². The van der Waals surface area contributed by atoms with Crippen LogP contribution in [0.25, 0.3) is 0 Å². The van der Waals surface area contributed by atoms with Crippen LogP contribution in [0.15, 0.2) is 23.1 Å². The zero-order chi connectivity index (χ0) is 12.5. The van der Waals surface area contributed by atoms with E-state index in [1.165, 1.54) is 0 Å². The van der Waals surface area contributed by atoms with Gasteiger partial charge in [0, 0.05) is 16.2 Å². The third-order valence-electron chi connectivity index (χ3n) is 2.47. The molecule has 0 atom stereocenters. The minimum atomic E-state index is -0.113. The number of carbonyl (C=O) groups is 1. The summed E-state index contributed by atoms with van der Waals surface area (Å²) in [6.45, 7) is 4.86. The molecular formula is C12H16N2O2S. The zero-order valence-corrected chi connectivity index (χ0v) is 10.8. The van der Waals surface area contributed by atoms with E-state index in [0.29, 0.717) is 6.54 Å². The molecule has 0 fully saturated rings. The number of hydrogen-bond acceptors (Lipinski definition) is 4. The normalized spacial score (nSPS) is 14.9. The van der Waals surface area contributed by atoms with Crippen LogP contribution < -0.4 is 15.8 Å². The van der Waals surface area contributed by atoms with Crippen LogP contribution in [0.3, 0.4) is 0 Å². The summed E-state index contributed by atoms with van der Waals surface area (Å²) in [5.74, 6) is 0.609. The topological polar surface area (TPSA) is 64.3 Å². The summed E-state index contributed by atoms with van der Waals surface area (Å²) in [5, 5.41) is 2.80. The van der Waals surface area contributed by atoms with Crippen molar-refractivity contribution in [3.63, 3.8) is 0 Å². The molecule has 0 aromatic heterocycles. The Balaban J connectivity index is 2.21. The number of rotatable bonds is 3. The second-order valence-electron chi connectivity index (χ2n) is 4.56. The summed E-state index contributed by atoms with van der Waals surface area (Å²) >= 11 is 1.69. The van der Waals surface area contributed by atoms with Gasteiger partial charge in [0.05, 0.1) is 5.69 Å². The van der Waals surface area contributed by atoms with Gasteiger partial charge in [-0.3, -0.25) is 4.79 Å². The Morgan fingerprint density at radius 2 is 2.29 bits per heavy atom. The fraction of sp³-hybridized carbons (Fsp3) is 0.417. The number of nitrogens with one attached hydrogen (secondary N) is 1. The van der Waals surface area contributed by atoms with Gasteiger partial charge in [0.2, 0.25) is 0 Å². The van der Waals surface area contributed by atoms with Crippen molar-refractivity contribution in [3.8, 4) is 5.75 Å². The maximum Gasteiger partial charge on any atom is 0.262 e. The highest BCUT2D eigenvalue weighted by Crippen LogP contribution is 2.37. The number of fused-ring (bicyclic) bond motifs is 1. The van der Waals surface area contributed by atoms with Gasteiger partial charge in [-0.05, 0) is 32.0 Å². The van der Waals surface area contributed by atoms with E-state index < -0.39 is 0 Å². The van der Waals surface area contributed by atoms with Gasteiger partial charge in [-0.25, -0.2) is 0 Å². The smallest absolute Gasteiger partial charge is 0.262 e. The number of thioether (sulfide) groups is 1. The Morgan fingerprint density at radius 1 is 1.53 bits per heavy atom. The summed E-state index contributed by atoms with van der Waals surface area (Å²) in [6, 6.07) is 5.79. The van der Waals surface area contributed by atoms with Crippen molar-refractivity contribution >= 4 is 23.4 Å². The molecule has 2 rings (SSSR count). The van der Waals surface area contributed by atoms with E-state index in [1.54, 1.807) is 11.8 Å². The molecule has 0 bridgehead atoms. The first-order valence-electron chi connectivity index (χ1n) is 5.46. The van der Waals surface area contributed by atoms with Crippen LogP contribution in [-0.4, -0.2) is 23.8 Å². The van der Waals surface area contributed by atoms with Crippen LogP contribution in [0.1, 0.15) is 13.8 Å². The number of benzene rings is 1. The van der Waals surface area contributed by atoms with Crippen molar-refractivity contribution in [1.82, 2.24) is 0 Å². The number of ether oxygens (including phenoxy) is 1. The predicted octanol–water partition coefficient (Wildman–Crippen LogP) is 1.85. The Kier molecular flexibility index (Phi) is 3.31. The maximum absolute atomic E-state index is 11.2. The van der Waals surface area contributed by atoms with Gasteiger partial charge in [0.25, 0.3) is 5.91 Å². The standard InChI is InChI=1S/C12H16N2O2S/c1-12(2,7-13)17-8-3-4-10-9(5-8)14-11(15)6-16-10/h3-5H,6-7,13H2,1-2H3,(H,14,15). The molecule has 1 amide bonds. The highest BCUT2D eigenvalue weighted by Gasteiger charge is 2.20. The van der Waals surface area contributed by atoms with Gasteiger partial charge in [0.1, 0.15) is 5.75 Å². The molecule has 0 saturated heterocycles. The van der Waals surface area contributed by atoms with E-state index in [2.05, 4.69) is 19.2 Å². The third-order valence-corrected chi connectivity index (χ3v) is 3.68. The molecule has 17 heavy (non-hydrogen) atoms. The van der Waals surface area contributed by atoms with Crippen LogP contribution >= 0.6 is 11.8 Å². The molecule has 1 aliphatic rings. The lowest BCUT2D eigenvalue weighted by Crippen LogP contribution is -2.27. The largest absolute Gasteiger partial charge is 0.482 e. The second kappa shape index (κ2) is 4.58. The van der Waals surface area contributed by atoms with Crippen molar-refractivity contribution in [1.29, 1.82) is 0 Å². The summed E-state index contributed by atoms with van der Waals surface area (Å²) in [4.78, 5) is 12.3. The van der Waals surface area contributed by atoms with Crippen molar-refractivity contribution in [2.45, 2.75) is 23.5 Å². The fourth-order valence-corrected chi connectivity index (χ4v) is 2.52. The summed E-state index contributed by atoms with van der Waals surface area (Å²) in [7, 11) is 0. The molecule has 5 heteroatoms. The number of nitrogens with two attached hydrogens (primary N) is 1. The minimum Gasteiger partial charge on any atom is -0.482 e. The average molecular weight is 252 g/mol. The number of hydrogen-bond donors (Lipinski definition) is 2.